The molecule has 0 unspecified atom stereocenters. The third-order valence-electron chi connectivity index (χ3n) is 1.70. The van der Waals surface area contributed by atoms with Gasteiger partial charge in [-0.25, -0.2) is 0 Å². The fourth-order valence-electron chi connectivity index (χ4n) is 1.04. The lowest BCUT2D eigenvalue weighted by atomic mass is 10.4. The van der Waals surface area contributed by atoms with E-state index in [4.69, 9.17) is 0 Å². The summed E-state index contributed by atoms with van der Waals surface area (Å²) in [6.07, 6.45) is 3.26. The molecular weight excluding hydrogens is 242 g/mol. The molecule has 6 heteroatoms. The summed E-state index contributed by atoms with van der Waals surface area (Å²) in [5.74, 6) is -0.190. The standard InChI is InChI=1S/C10H9N3OS2/c1-7-12-13-10(16-7)11-9(14)5-4-8-3-2-6-15-8/h2-6H,1H3,(H,11,13,14). The molecular formula is C10H9N3OS2. The normalized spacial score (nSPS) is 10.8. The van der Waals surface area contributed by atoms with E-state index in [0.717, 1.165) is 9.88 Å². The summed E-state index contributed by atoms with van der Waals surface area (Å²) in [5, 5.41) is 13.6. The van der Waals surface area contributed by atoms with Crippen molar-refractivity contribution in [3.8, 4) is 0 Å². The molecule has 82 valence electrons. The third kappa shape index (κ3) is 2.98. The molecule has 4 nitrogen and oxygen atoms in total. The second-order valence-electron chi connectivity index (χ2n) is 2.96. The van der Waals surface area contributed by atoms with Gasteiger partial charge in [0.1, 0.15) is 5.01 Å². The van der Waals surface area contributed by atoms with Gasteiger partial charge in [-0.1, -0.05) is 17.4 Å². The van der Waals surface area contributed by atoms with E-state index in [1.54, 1.807) is 17.4 Å². The molecule has 0 saturated carbocycles. The van der Waals surface area contributed by atoms with Crippen LogP contribution in [0.4, 0.5) is 5.13 Å². The van der Waals surface area contributed by atoms with Crippen LogP contribution in [-0.2, 0) is 4.79 Å². The van der Waals surface area contributed by atoms with Gasteiger partial charge < -0.3 is 0 Å². The van der Waals surface area contributed by atoms with Crippen molar-refractivity contribution in [3.63, 3.8) is 0 Å². The molecule has 0 bridgehead atoms. The summed E-state index contributed by atoms with van der Waals surface area (Å²) >= 11 is 2.94. The van der Waals surface area contributed by atoms with Gasteiger partial charge in [0.05, 0.1) is 0 Å². The number of carbonyl (C=O) groups excluding carboxylic acids is 1. The summed E-state index contributed by atoms with van der Waals surface area (Å²) in [6.45, 7) is 1.84. The minimum Gasteiger partial charge on any atom is -0.297 e. The van der Waals surface area contributed by atoms with E-state index in [1.807, 2.05) is 24.4 Å². The summed E-state index contributed by atoms with van der Waals surface area (Å²) in [4.78, 5) is 12.5. The Morgan fingerprint density at radius 3 is 3.00 bits per heavy atom. The van der Waals surface area contributed by atoms with Crippen LogP contribution in [0.2, 0.25) is 0 Å². The Balaban J connectivity index is 1.94. The number of aryl methyl sites for hydroxylation is 1. The molecule has 0 aliphatic heterocycles. The monoisotopic (exact) mass is 251 g/mol. The number of nitrogens with zero attached hydrogens (tertiary/aromatic N) is 2. The maximum atomic E-state index is 11.5. The van der Waals surface area contributed by atoms with Crippen molar-refractivity contribution < 1.29 is 4.79 Å². The SMILES string of the molecule is Cc1nnc(NC(=O)C=Cc2cccs2)s1. The number of carbonyl (C=O) groups is 1. The lowest BCUT2D eigenvalue weighted by Gasteiger charge is -1.93. The molecule has 16 heavy (non-hydrogen) atoms. The Labute approximate surface area is 101 Å². The van der Waals surface area contributed by atoms with Crippen molar-refractivity contribution >= 4 is 39.8 Å². The predicted molar refractivity (Wildman–Crippen MR) is 66.6 cm³/mol. The molecule has 1 amide bonds. The van der Waals surface area contributed by atoms with Gasteiger partial charge in [0.2, 0.25) is 11.0 Å². The molecule has 0 aromatic carbocycles. The molecule has 0 aliphatic carbocycles. The first-order valence-corrected chi connectivity index (χ1v) is 6.26. The molecule has 0 fully saturated rings. The zero-order chi connectivity index (χ0) is 11.4. The zero-order valence-corrected chi connectivity index (χ0v) is 10.1. The second kappa shape index (κ2) is 5.00. The minimum atomic E-state index is -0.190. The smallest absolute Gasteiger partial charge is 0.250 e. The van der Waals surface area contributed by atoms with Crippen molar-refractivity contribution in [3.05, 3.63) is 33.5 Å². The highest BCUT2D eigenvalue weighted by molar-refractivity contribution is 7.15. The number of thiophene rings is 1. The Bertz CT molecular complexity index is 502. The Hall–Kier alpha value is -1.53. The molecule has 0 atom stereocenters. The van der Waals surface area contributed by atoms with Crippen LogP contribution in [0, 0.1) is 6.92 Å². The van der Waals surface area contributed by atoms with Crippen LogP contribution in [0.3, 0.4) is 0 Å². The average molecular weight is 251 g/mol. The Morgan fingerprint density at radius 1 is 1.50 bits per heavy atom. The summed E-state index contributed by atoms with van der Waals surface area (Å²) in [5.41, 5.74) is 0. The highest BCUT2D eigenvalue weighted by Crippen LogP contribution is 2.14. The molecule has 0 saturated heterocycles. The molecule has 2 aromatic heterocycles. The van der Waals surface area contributed by atoms with Gasteiger partial charge in [-0.15, -0.1) is 21.5 Å². The summed E-state index contributed by atoms with van der Waals surface area (Å²) in [7, 11) is 0. The van der Waals surface area contributed by atoms with E-state index in [2.05, 4.69) is 15.5 Å². The number of nitrogens with one attached hydrogen (secondary N) is 1. The van der Waals surface area contributed by atoms with Gasteiger partial charge in [0.25, 0.3) is 0 Å². The van der Waals surface area contributed by atoms with Crippen molar-refractivity contribution in [1.82, 2.24) is 10.2 Å². The highest BCUT2D eigenvalue weighted by Gasteiger charge is 2.02. The van der Waals surface area contributed by atoms with Gasteiger partial charge in [-0.3, -0.25) is 10.1 Å². The number of rotatable bonds is 3. The topological polar surface area (TPSA) is 54.9 Å². The van der Waals surface area contributed by atoms with Crippen LogP contribution >= 0.6 is 22.7 Å². The molecule has 0 aliphatic rings. The number of anilines is 1. The number of amides is 1. The van der Waals surface area contributed by atoms with E-state index < -0.39 is 0 Å². The fraction of sp³-hybridized carbons (Fsp3) is 0.100. The number of hydrogen-bond donors (Lipinski definition) is 1. The Kier molecular flexibility index (Phi) is 3.43. The first-order valence-electron chi connectivity index (χ1n) is 4.57. The number of aromatic nitrogens is 2. The van der Waals surface area contributed by atoms with E-state index in [0.29, 0.717) is 5.13 Å². The lowest BCUT2D eigenvalue weighted by molar-refractivity contribution is -0.111. The van der Waals surface area contributed by atoms with Crippen molar-refractivity contribution in [2.45, 2.75) is 6.92 Å². The van der Waals surface area contributed by atoms with Crippen molar-refractivity contribution in [1.29, 1.82) is 0 Å². The Morgan fingerprint density at radius 2 is 2.38 bits per heavy atom. The van der Waals surface area contributed by atoms with E-state index in [1.165, 1.54) is 17.4 Å². The quantitative estimate of drug-likeness (QED) is 0.853. The second-order valence-corrected chi connectivity index (χ2v) is 5.13. The van der Waals surface area contributed by atoms with E-state index in [9.17, 15) is 4.79 Å². The van der Waals surface area contributed by atoms with Crippen LogP contribution in [0.25, 0.3) is 6.08 Å². The van der Waals surface area contributed by atoms with Crippen molar-refractivity contribution in [2.75, 3.05) is 5.32 Å². The zero-order valence-electron chi connectivity index (χ0n) is 8.51. The maximum Gasteiger partial charge on any atom is 0.250 e. The molecule has 1 N–H and O–H groups in total. The lowest BCUT2D eigenvalue weighted by Crippen LogP contribution is -2.07. The van der Waals surface area contributed by atoms with Crippen LogP contribution in [0.1, 0.15) is 9.88 Å². The van der Waals surface area contributed by atoms with E-state index >= 15 is 0 Å². The minimum absolute atomic E-state index is 0.190. The number of hydrogen-bond acceptors (Lipinski definition) is 5. The molecule has 2 aromatic rings. The van der Waals surface area contributed by atoms with Crippen LogP contribution in [0.15, 0.2) is 23.6 Å². The van der Waals surface area contributed by atoms with Crippen LogP contribution in [-0.4, -0.2) is 16.1 Å². The maximum absolute atomic E-state index is 11.5. The van der Waals surface area contributed by atoms with Gasteiger partial charge in [-0.05, 0) is 24.4 Å². The summed E-state index contributed by atoms with van der Waals surface area (Å²) in [6, 6.07) is 3.89. The van der Waals surface area contributed by atoms with Gasteiger partial charge in [0.15, 0.2) is 0 Å². The van der Waals surface area contributed by atoms with Gasteiger partial charge in [-0.2, -0.15) is 0 Å². The first-order chi connectivity index (χ1) is 7.74. The summed E-state index contributed by atoms with van der Waals surface area (Å²) < 4.78 is 0. The molecule has 2 rings (SSSR count). The fourth-order valence-corrected chi connectivity index (χ4v) is 2.25. The molecule has 0 spiro atoms. The van der Waals surface area contributed by atoms with Crippen LogP contribution in [0.5, 0.6) is 0 Å². The first kappa shape index (κ1) is 11.0. The molecule has 2 heterocycles. The molecule has 0 radical (unpaired) electrons. The van der Waals surface area contributed by atoms with E-state index in [-0.39, 0.29) is 5.91 Å². The average Bonchev–Trinajstić information content (AvgIpc) is 2.87. The van der Waals surface area contributed by atoms with Gasteiger partial charge in [0, 0.05) is 11.0 Å². The van der Waals surface area contributed by atoms with Gasteiger partial charge >= 0.3 is 0 Å². The third-order valence-corrected chi connectivity index (χ3v) is 3.29. The predicted octanol–water partition coefficient (Wildman–Crippen LogP) is 2.56. The highest BCUT2D eigenvalue weighted by atomic mass is 32.1. The largest absolute Gasteiger partial charge is 0.297 e. The van der Waals surface area contributed by atoms with Crippen LogP contribution < -0.4 is 5.32 Å². The van der Waals surface area contributed by atoms with Crippen molar-refractivity contribution in [2.24, 2.45) is 0 Å².